The molecule has 1 unspecified atom stereocenters. The number of fused-ring (bicyclic) bond motifs is 1. The average molecular weight is 437 g/mol. The summed E-state index contributed by atoms with van der Waals surface area (Å²) in [6.07, 6.45) is 1.83. The fourth-order valence-electron chi connectivity index (χ4n) is 3.81. The standard InChI is InChI=1S/C25H32N4O3/c1-5-15-28(16-6-2)23(30)17-29-22-10-8-7-9-21(22)27-24(29)18(3)26-25(31)19-11-13-20(32-4)14-12-19/h7-14,18H,5-6,15-17H2,1-4H3,(H,26,31). The summed E-state index contributed by atoms with van der Waals surface area (Å²) < 4.78 is 7.08. The van der Waals surface area contributed by atoms with E-state index >= 15 is 0 Å². The van der Waals surface area contributed by atoms with E-state index in [1.807, 2.05) is 40.7 Å². The molecule has 1 atom stereocenters. The summed E-state index contributed by atoms with van der Waals surface area (Å²) in [5.41, 5.74) is 2.22. The Morgan fingerprint density at radius 2 is 1.72 bits per heavy atom. The van der Waals surface area contributed by atoms with Gasteiger partial charge in [0.1, 0.15) is 18.1 Å². The molecule has 2 aromatic carbocycles. The van der Waals surface area contributed by atoms with Gasteiger partial charge in [-0.2, -0.15) is 0 Å². The summed E-state index contributed by atoms with van der Waals surface area (Å²) in [7, 11) is 1.59. The first-order valence-corrected chi connectivity index (χ1v) is 11.2. The van der Waals surface area contributed by atoms with Crippen molar-refractivity contribution in [2.24, 2.45) is 0 Å². The molecule has 1 heterocycles. The fraction of sp³-hybridized carbons (Fsp3) is 0.400. The van der Waals surface area contributed by atoms with Crippen LogP contribution in [0, 0.1) is 0 Å². The molecule has 0 saturated heterocycles. The van der Waals surface area contributed by atoms with Crippen LogP contribution in [0.1, 0.15) is 55.8 Å². The monoisotopic (exact) mass is 436 g/mol. The number of rotatable bonds is 10. The molecular weight excluding hydrogens is 404 g/mol. The lowest BCUT2D eigenvalue weighted by molar-refractivity contribution is -0.131. The van der Waals surface area contributed by atoms with E-state index in [0.717, 1.165) is 37.0 Å². The largest absolute Gasteiger partial charge is 0.497 e. The number of carbonyl (C=O) groups excluding carboxylic acids is 2. The van der Waals surface area contributed by atoms with Crippen LogP contribution in [0.25, 0.3) is 11.0 Å². The molecule has 0 aliphatic carbocycles. The number of hydrogen-bond acceptors (Lipinski definition) is 4. The van der Waals surface area contributed by atoms with Crippen LogP contribution in [0.3, 0.4) is 0 Å². The molecule has 2 amide bonds. The molecule has 7 heteroatoms. The highest BCUT2D eigenvalue weighted by Gasteiger charge is 2.22. The minimum atomic E-state index is -0.379. The van der Waals surface area contributed by atoms with Crippen molar-refractivity contribution in [1.29, 1.82) is 0 Å². The van der Waals surface area contributed by atoms with Crippen LogP contribution >= 0.6 is 0 Å². The van der Waals surface area contributed by atoms with Crippen molar-refractivity contribution in [3.63, 3.8) is 0 Å². The Balaban J connectivity index is 1.86. The smallest absolute Gasteiger partial charge is 0.251 e. The highest BCUT2D eigenvalue weighted by atomic mass is 16.5. The lowest BCUT2D eigenvalue weighted by Gasteiger charge is -2.23. The first-order chi connectivity index (χ1) is 15.5. The summed E-state index contributed by atoms with van der Waals surface area (Å²) in [5, 5.41) is 3.02. The van der Waals surface area contributed by atoms with Gasteiger partial charge in [0.15, 0.2) is 0 Å². The zero-order chi connectivity index (χ0) is 23.1. The molecule has 3 aromatic rings. The molecule has 0 saturated carbocycles. The molecule has 1 N–H and O–H groups in total. The zero-order valence-electron chi connectivity index (χ0n) is 19.3. The SMILES string of the molecule is CCCN(CCC)C(=O)Cn1c(C(C)NC(=O)c2ccc(OC)cc2)nc2ccccc21. The number of para-hydroxylation sites is 2. The van der Waals surface area contributed by atoms with Crippen LogP contribution in [-0.4, -0.2) is 46.5 Å². The van der Waals surface area contributed by atoms with Gasteiger partial charge in [0.2, 0.25) is 5.91 Å². The number of ether oxygens (including phenoxy) is 1. The number of carbonyl (C=O) groups is 2. The molecule has 0 aliphatic heterocycles. The molecule has 32 heavy (non-hydrogen) atoms. The van der Waals surface area contributed by atoms with E-state index in [1.54, 1.807) is 31.4 Å². The molecule has 1 aromatic heterocycles. The summed E-state index contributed by atoms with van der Waals surface area (Å²) in [4.78, 5) is 32.5. The lowest BCUT2D eigenvalue weighted by Crippen LogP contribution is -2.36. The van der Waals surface area contributed by atoms with Crippen LogP contribution in [0.15, 0.2) is 48.5 Å². The van der Waals surface area contributed by atoms with Crippen LogP contribution in [-0.2, 0) is 11.3 Å². The minimum Gasteiger partial charge on any atom is -0.497 e. The molecule has 3 rings (SSSR count). The summed E-state index contributed by atoms with van der Waals surface area (Å²) in [6.45, 7) is 7.70. The maximum atomic E-state index is 13.1. The third-order valence-electron chi connectivity index (χ3n) is 5.40. The maximum absolute atomic E-state index is 13.1. The van der Waals surface area contributed by atoms with E-state index in [2.05, 4.69) is 19.2 Å². The number of aromatic nitrogens is 2. The van der Waals surface area contributed by atoms with Gasteiger partial charge in [-0.1, -0.05) is 26.0 Å². The van der Waals surface area contributed by atoms with Crippen LogP contribution < -0.4 is 10.1 Å². The number of benzene rings is 2. The van der Waals surface area contributed by atoms with E-state index in [4.69, 9.17) is 9.72 Å². The number of methoxy groups -OCH3 is 1. The van der Waals surface area contributed by atoms with Crippen molar-refractivity contribution < 1.29 is 14.3 Å². The molecule has 0 aliphatic rings. The predicted molar refractivity (Wildman–Crippen MR) is 126 cm³/mol. The summed E-state index contributed by atoms with van der Waals surface area (Å²) in [5.74, 6) is 1.21. The first kappa shape index (κ1) is 23.3. The second-order valence-electron chi connectivity index (χ2n) is 7.85. The molecule has 0 bridgehead atoms. The van der Waals surface area contributed by atoms with E-state index in [9.17, 15) is 9.59 Å². The van der Waals surface area contributed by atoms with Gasteiger partial charge in [-0.25, -0.2) is 4.98 Å². The summed E-state index contributed by atoms with van der Waals surface area (Å²) >= 11 is 0. The van der Waals surface area contributed by atoms with Gasteiger partial charge >= 0.3 is 0 Å². The Bertz CT molecular complexity index is 1050. The average Bonchev–Trinajstić information content (AvgIpc) is 3.17. The Morgan fingerprint density at radius 3 is 2.34 bits per heavy atom. The van der Waals surface area contributed by atoms with E-state index in [-0.39, 0.29) is 24.4 Å². The number of hydrogen-bond donors (Lipinski definition) is 1. The van der Waals surface area contributed by atoms with Gasteiger partial charge in [-0.15, -0.1) is 0 Å². The van der Waals surface area contributed by atoms with Gasteiger partial charge in [-0.3, -0.25) is 9.59 Å². The normalized spacial score (nSPS) is 11.9. The van der Waals surface area contributed by atoms with Crippen LogP contribution in [0.2, 0.25) is 0 Å². The number of nitrogens with zero attached hydrogens (tertiary/aromatic N) is 3. The van der Waals surface area contributed by atoms with Gasteiger partial charge in [0.25, 0.3) is 5.91 Å². The fourth-order valence-corrected chi connectivity index (χ4v) is 3.81. The van der Waals surface area contributed by atoms with Gasteiger partial charge < -0.3 is 19.5 Å². The second kappa shape index (κ2) is 10.8. The van der Waals surface area contributed by atoms with E-state index in [0.29, 0.717) is 17.1 Å². The zero-order valence-corrected chi connectivity index (χ0v) is 19.3. The highest BCUT2D eigenvalue weighted by Crippen LogP contribution is 2.22. The number of amides is 2. The quantitative estimate of drug-likeness (QED) is 0.517. The van der Waals surface area contributed by atoms with Crippen molar-refractivity contribution in [3.05, 3.63) is 59.9 Å². The Morgan fingerprint density at radius 1 is 1.06 bits per heavy atom. The van der Waals surface area contributed by atoms with Gasteiger partial charge in [0, 0.05) is 18.7 Å². The third kappa shape index (κ3) is 5.28. The van der Waals surface area contributed by atoms with Crippen LogP contribution in [0.5, 0.6) is 5.75 Å². The molecule has 170 valence electrons. The lowest BCUT2D eigenvalue weighted by atomic mass is 10.2. The Labute approximate surface area is 189 Å². The molecule has 7 nitrogen and oxygen atoms in total. The maximum Gasteiger partial charge on any atom is 0.251 e. The van der Waals surface area contributed by atoms with Gasteiger partial charge in [0.05, 0.1) is 24.2 Å². The van der Waals surface area contributed by atoms with Crippen molar-refractivity contribution in [1.82, 2.24) is 19.8 Å². The van der Waals surface area contributed by atoms with Crippen LogP contribution in [0.4, 0.5) is 0 Å². The number of nitrogens with one attached hydrogen (secondary N) is 1. The Kier molecular flexibility index (Phi) is 7.87. The third-order valence-corrected chi connectivity index (χ3v) is 5.40. The van der Waals surface area contributed by atoms with Crippen molar-refractivity contribution in [2.75, 3.05) is 20.2 Å². The molecule has 0 radical (unpaired) electrons. The van der Waals surface area contributed by atoms with Crippen molar-refractivity contribution in [3.8, 4) is 5.75 Å². The topological polar surface area (TPSA) is 76.5 Å². The van der Waals surface area contributed by atoms with Crippen molar-refractivity contribution >= 4 is 22.8 Å². The Hall–Kier alpha value is -3.35. The molecule has 0 fully saturated rings. The predicted octanol–water partition coefficient (Wildman–Crippen LogP) is 4.18. The molecular formula is C25H32N4O3. The first-order valence-electron chi connectivity index (χ1n) is 11.2. The van der Waals surface area contributed by atoms with Crippen molar-refractivity contribution in [2.45, 2.75) is 46.2 Å². The van der Waals surface area contributed by atoms with E-state index < -0.39 is 0 Å². The van der Waals surface area contributed by atoms with Gasteiger partial charge in [-0.05, 0) is 56.2 Å². The number of imidazole rings is 1. The van der Waals surface area contributed by atoms with E-state index in [1.165, 1.54) is 0 Å². The highest BCUT2D eigenvalue weighted by molar-refractivity contribution is 5.94. The molecule has 0 spiro atoms. The summed E-state index contributed by atoms with van der Waals surface area (Å²) in [6, 6.07) is 14.3. The second-order valence-corrected chi connectivity index (χ2v) is 7.85. The minimum absolute atomic E-state index is 0.0618.